The van der Waals surface area contributed by atoms with Gasteiger partial charge in [-0.1, -0.05) is 0 Å². The summed E-state index contributed by atoms with van der Waals surface area (Å²) in [6.45, 7) is 4.26. The second kappa shape index (κ2) is 7.37. The fourth-order valence-electron chi connectivity index (χ4n) is 3.85. The molecule has 1 aliphatic heterocycles. The Labute approximate surface area is 181 Å². The van der Waals surface area contributed by atoms with E-state index in [1.54, 1.807) is 24.2 Å². The molecule has 31 heavy (non-hydrogen) atoms. The van der Waals surface area contributed by atoms with Crippen molar-refractivity contribution in [3.8, 4) is 11.3 Å². The highest BCUT2D eigenvalue weighted by atomic mass is 32.2. The summed E-state index contributed by atoms with van der Waals surface area (Å²) >= 11 is 1.57. The molecule has 0 N–H and O–H groups in total. The fourth-order valence-corrected chi connectivity index (χ4v) is 4.26. The third-order valence-corrected chi connectivity index (χ3v) is 5.93. The first-order valence-corrected chi connectivity index (χ1v) is 10.7. The van der Waals surface area contributed by atoms with Crippen molar-refractivity contribution in [1.29, 1.82) is 0 Å². The molecule has 4 rings (SSSR count). The van der Waals surface area contributed by atoms with Gasteiger partial charge in [-0.05, 0) is 44.7 Å². The molecule has 1 amide bonds. The van der Waals surface area contributed by atoms with Gasteiger partial charge in [0.25, 0.3) is 5.91 Å². The summed E-state index contributed by atoms with van der Waals surface area (Å²) in [7, 11) is 0. The van der Waals surface area contributed by atoms with E-state index in [1.807, 2.05) is 39.2 Å². The maximum atomic E-state index is 13.3. The highest BCUT2D eigenvalue weighted by molar-refractivity contribution is 7.98. The summed E-state index contributed by atoms with van der Waals surface area (Å²) < 4.78 is 39.0. The molecule has 0 saturated carbocycles. The van der Waals surface area contributed by atoms with Crippen molar-refractivity contribution in [3.05, 3.63) is 53.7 Å². The molecule has 0 saturated heterocycles. The van der Waals surface area contributed by atoms with Crippen molar-refractivity contribution >= 4 is 23.4 Å². The molecular formula is C21H20F3N5OS. The minimum absolute atomic E-state index is 0.296. The number of carbonyl (C=O) groups excluding carboxylic acids is 1. The Morgan fingerprint density at radius 3 is 2.58 bits per heavy atom. The Balaban J connectivity index is 1.77. The lowest BCUT2D eigenvalue weighted by atomic mass is 9.96. The Morgan fingerprint density at radius 2 is 1.90 bits per heavy atom. The number of fused-ring (bicyclic) bond motifs is 1. The van der Waals surface area contributed by atoms with Crippen LogP contribution in [0.3, 0.4) is 0 Å². The molecule has 3 aromatic rings. The Hall–Kier alpha value is -2.88. The largest absolute Gasteiger partial charge is 0.408 e. The molecule has 6 nitrogen and oxygen atoms in total. The molecule has 10 heteroatoms. The second-order valence-electron chi connectivity index (χ2n) is 7.87. The number of carbonyl (C=O) groups is 1. The quantitative estimate of drug-likeness (QED) is 0.536. The number of amides is 1. The maximum Gasteiger partial charge on any atom is 0.408 e. The summed E-state index contributed by atoms with van der Waals surface area (Å²) in [5.41, 5.74) is 2.73. The summed E-state index contributed by atoms with van der Waals surface area (Å²) in [5, 5.41) is 3.79. The van der Waals surface area contributed by atoms with Crippen LogP contribution in [0.2, 0.25) is 0 Å². The Kier molecular flexibility index (Phi) is 5.07. The van der Waals surface area contributed by atoms with E-state index in [1.165, 1.54) is 17.3 Å². The van der Waals surface area contributed by atoms with Crippen molar-refractivity contribution in [2.75, 3.05) is 11.2 Å². The standard InChI is InChI=1S/C21H20F3N5OS/c1-12-5-16(13-6-15(31-4)9-25-7-13)27-18-17(12)19(30)29(20(18,2)3)14-8-26-28(10-14)11-21(22,23)24/h5-10H,11H2,1-4H3. The van der Waals surface area contributed by atoms with Crippen LogP contribution < -0.4 is 4.90 Å². The second-order valence-corrected chi connectivity index (χ2v) is 8.75. The number of aryl methyl sites for hydroxylation is 1. The molecule has 0 bridgehead atoms. The van der Waals surface area contributed by atoms with E-state index < -0.39 is 18.3 Å². The van der Waals surface area contributed by atoms with Gasteiger partial charge < -0.3 is 0 Å². The van der Waals surface area contributed by atoms with Crippen molar-refractivity contribution in [2.24, 2.45) is 0 Å². The number of rotatable bonds is 4. The van der Waals surface area contributed by atoms with Gasteiger partial charge in [-0.2, -0.15) is 18.3 Å². The van der Waals surface area contributed by atoms with Crippen molar-refractivity contribution in [2.45, 2.75) is 43.9 Å². The zero-order chi connectivity index (χ0) is 22.6. The van der Waals surface area contributed by atoms with Gasteiger partial charge in [0.15, 0.2) is 0 Å². The van der Waals surface area contributed by atoms with Gasteiger partial charge in [0.2, 0.25) is 0 Å². The van der Waals surface area contributed by atoms with Crippen LogP contribution in [0.25, 0.3) is 11.3 Å². The summed E-state index contributed by atoms with van der Waals surface area (Å²) in [5.74, 6) is -0.306. The molecule has 0 atom stereocenters. The number of thioether (sulfide) groups is 1. The Morgan fingerprint density at radius 1 is 1.16 bits per heavy atom. The first-order chi connectivity index (χ1) is 14.5. The summed E-state index contributed by atoms with van der Waals surface area (Å²) in [6, 6.07) is 3.82. The third kappa shape index (κ3) is 3.80. The summed E-state index contributed by atoms with van der Waals surface area (Å²) in [6.07, 6.45) is 3.56. The number of anilines is 1. The zero-order valence-corrected chi connectivity index (χ0v) is 18.2. The molecule has 4 heterocycles. The average Bonchev–Trinajstić information content (AvgIpc) is 3.20. The van der Waals surface area contributed by atoms with E-state index in [-0.39, 0.29) is 5.91 Å². The van der Waals surface area contributed by atoms with Crippen LogP contribution in [0.4, 0.5) is 18.9 Å². The van der Waals surface area contributed by atoms with Gasteiger partial charge in [0.05, 0.1) is 34.4 Å². The molecule has 0 radical (unpaired) electrons. The molecule has 3 aromatic heterocycles. The van der Waals surface area contributed by atoms with E-state index in [0.717, 1.165) is 20.7 Å². The maximum absolute atomic E-state index is 13.3. The van der Waals surface area contributed by atoms with Crippen LogP contribution in [0.1, 0.15) is 35.5 Å². The molecule has 0 unspecified atom stereocenters. The van der Waals surface area contributed by atoms with E-state index in [9.17, 15) is 18.0 Å². The summed E-state index contributed by atoms with van der Waals surface area (Å²) in [4.78, 5) is 24.8. The Bertz CT molecular complexity index is 1170. The van der Waals surface area contributed by atoms with Crippen molar-refractivity contribution in [3.63, 3.8) is 0 Å². The monoisotopic (exact) mass is 447 g/mol. The van der Waals surface area contributed by atoms with Gasteiger partial charge in [0, 0.05) is 29.0 Å². The highest BCUT2D eigenvalue weighted by Crippen LogP contribution is 2.43. The predicted octanol–water partition coefficient (Wildman–Crippen LogP) is 4.83. The molecule has 162 valence electrons. The first kappa shape index (κ1) is 21.4. The van der Waals surface area contributed by atoms with E-state index >= 15 is 0 Å². The topological polar surface area (TPSA) is 63.9 Å². The smallest absolute Gasteiger partial charge is 0.294 e. The number of hydrogen-bond donors (Lipinski definition) is 0. The molecule has 0 aliphatic carbocycles. The van der Waals surface area contributed by atoms with Gasteiger partial charge in [-0.25, -0.2) is 4.98 Å². The van der Waals surface area contributed by atoms with Gasteiger partial charge in [-0.15, -0.1) is 11.8 Å². The zero-order valence-electron chi connectivity index (χ0n) is 17.4. The number of aromatic nitrogens is 4. The van der Waals surface area contributed by atoms with E-state index in [2.05, 4.69) is 10.1 Å². The van der Waals surface area contributed by atoms with Crippen LogP contribution in [0.15, 0.2) is 41.8 Å². The van der Waals surface area contributed by atoms with Crippen molar-refractivity contribution < 1.29 is 18.0 Å². The van der Waals surface area contributed by atoms with Gasteiger partial charge in [0.1, 0.15) is 6.54 Å². The number of alkyl halides is 3. The molecule has 0 fully saturated rings. The lowest BCUT2D eigenvalue weighted by molar-refractivity contribution is -0.142. The van der Waals surface area contributed by atoms with Crippen LogP contribution in [0.5, 0.6) is 0 Å². The lowest BCUT2D eigenvalue weighted by Crippen LogP contribution is -2.39. The number of pyridine rings is 2. The first-order valence-electron chi connectivity index (χ1n) is 9.46. The predicted molar refractivity (Wildman–Crippen MR) is 112 cm³/mol. The van der Waals surface area contributed by atoms with Crippen LogP contribution in [-0.4, -0.2) is 38.1 Å². The molecule has 0 spiro atoms. The molecular weight excluding hydrogens is 427 g/mol. The van der Waals surface area contributed by atoms with Gasteiger partial charge in [-0.3, -0.25) is 19.4 Å². The van der Waals surface area contributed by atoms with Crippen LogP contribution in [-0.2, 0) is 12.1 Å². The van der Waals surface area contributed by atoms with Gasteiger partial charge >= 0.3 is 6.18 Å². The van der Waals surface area contributed by atoms with E-state index in [0.29, 0.717) is 22.6 Å². The molecule has 1 aliphatic rings. The van der Waals surface area contributed by atoms with Crippen LogP contribution >= 0.6 is 11.8 Å². The third-order valence-electron chi connectivity index (χ3n) is 5.24. The highest BCUT2D eigenvalue weighted by Gasteiger charge is 2.47. The normalized spacial score (nSPS) is 15.5. The minimum Gasteiger partial charge on any atom is -0.294 e. The lowest BCUT2D eigenvalue weighted by Gasteiger charge is -2.30. The van der Waals surface area contributed by atoms with E-state index in [4.69, 9.17) is 4.98 Å². The SMILES string of the molecule is CSc1cncc(-c2cc(C)c3c(n2)C(C)(C)N(c2cnn(CC(F)(F)F)c2)C3=O)c1. The van der Waals surface area contributed by atoms with Crippen LogP contribution in [0, 0.1) is 6.92 Å². The average molecular weight is 447 g/mol. The number of nitrogens with zero attached hydrogens (tertiary/aromatic N) is 5. The number of hydrogen-bond acceptors (Lipinski definition) is 5. The minimum atomic E-state index is -4.40. The fraction of sp³-hybridized carbons (Fsp3) is 0.333. The van der Waals surface area contributed by atoms with Crippen molar-refractivity contribution in [1.82, 2.24) is 19.7 Å². The number of halogens is 3. The molecule has 0 aromatic carbocycles.